The second kappa shape index (κ2) is 9.47. The number of likely N-dealkylation sites (N-methyl/N-ethyl adjacent to an activating group) is 1. The quantitative estimate of drug-likeness (QED) is 0.575. The molecule has 0 aromatic heterocycles. The molecule has 0 aromatic carbocycles. The van der Waals surface area contributed by atoms with Gasteiger partial charge in [-0.15, -0.1) is 0 Å². The van der Waals surface area contributed by atoms with Crippen LogP contribution in [0.25, 0.3) is 0 Å². The lowest BCUT2D eigenvalue weighted by molar-refractivity contribution is 0.338. The Morgan fingerprint density at radius 2 is 1.93 bits per heavy atom. The summed E-state index contributed by atoms with van der Waals surface area (Å²) >= 11 is 0. The first-order valence-corrected chi connectivity index (χ1v) is 6.12. The molecule has 0 aliphatic carbocycles. The van der Waals surface area contributed by atoms with Crippen LogP contribution in [0.1, 0.15) is 46.5 Å². The second-order valence-electron chi connectivity index (χ2n) is 4.25. The molecule has 0 spiro atoms. The summed E-state index contributed by atoms with van der Waals surface area (Å²) in [5, 5.41) is 3.57. The largest absolute Gasteiger partial charge is 0.313 e. The molecule has 0 saturated heterocycles. The average molecular weight is 200 g/mol. The van der Waals surface area contributed by atoms with Crippen LogP contribution in [0.3, 0.4) is 0 Å². The molecule has 0 aliphatic heterocycles. The standard InChI is InChI=1S/C12H28N2/c1-5-7-8-9-12(3)13-10-11-14(4)6-2/h12-13H,5-11H2,1-4H3. The van der Waals surface area contributed by atoms with E-state index in [4.69, 9.17) is 0 Å². The summed E-state index contributed by atoms with van der Waals surface area (Å²) in [6.45, 7) is 10.2. The fourth-order valence-electron chi connectivity index (χ4n) is 1.46. The topological polar surface area (TPSA) is 15.3 Å². The monoisotopic (exact) mass is 200 g/mol. The van der Waals surface area contributed by atoms with Crippen LogP contribution in [0.15, 0.2) is 0 Å². The van der Waals surface area contributed by atoms with E-state index >= 15 is 0 Å². The van der Waals surface area contributed by atoms with E-state index in [1.54, 1.807) is 0 Å². The van der Waals surface area contributed by atoms with Gasteiger partial charge in [-0.3, -0.25) is 0 Å². The Bertz CT molecular complexity index is 115. The SMILES string of the molecule is CCCCCC(C)NCCN(C)CC. The van der Waals surface area contributed by atoms with Crippen molar-refractivity contribution in [2.45, 2.75) is 52.5 Å². The molecule has 1 unspecified atom stereocenters. The molecule has 0 aliphatic rings. The number of unbranched alkanes of at least 4 members (excludes halogenated alkanes) is 2. The molecule has 1 N–H and O–H groups in total. The first-order chi connectivity index (χ1) is 6.70. The van der Waals surface area contributed by atoms with Gasteiger partial charge in [0, 0.05) is 19.1 Å². The zero-order chi connectivity index (χ0) is 10.8. The van der Waals surface area contributed by atoms with E-state index in [2.05, 4.69) is 38.0 Å². The lowest BCUT2D eigenvalue weighted by Gasteiger charge is -2.17. The van der Waals surface area contributed by atoms with Gasteiger partial charge in [0.05, 0.1) is 0 Å². The van der Waals surface area contributed by atoms with Crippen LogP contribution >= 0.6 is 0 Å². The maximum Gasteiger partial charge on any atom is 0.0104 e. The predicted octanol–water partition coefficient (Wildman–Crippen LogP) is 2.50. The van der Waals surface area contributed by atoms with Gasteiger partial charge in [-0.1, -0.05) is 33.1 Å². The number of rotatable bonds is 9. The molecular formula is C12H28N2. The summed E-state index contributed by atoms with van der Waals surface area (Å²) in [5.74, 6) is 0. The summed E-state index contributed by atoms with van der Waals surface area (Å²) in [7, 11) is 2.17. The van der Waals surface area contributed by atoms with Crippen LogP contribution in [0.5, 0.6) is 0 Å². The smallest absolute Gasteiger partial charge is 0.0104 e. The van der Waals surface area contributed by atoms with Crippen LogP contribution in [0, 0.1) is 0 Å². The normalized spacial score (nSPS) is 13.5. The van der Waals surface area contributed by atoms with Crippen molar-refractivity contribution in [2.75, 3.05) is 26.7 Å². The average Bonchev–Trinajstić information content (AvgIpc) is 2.18. The molecule has 0 fully saturated rings. The molecule has 0 amide bonds. The van der Waals surface area contributed by atoms with Crippen LogP contribution in [0.2, 0.25) is 0 Å². The molecular weight excluding hydrogens is 172 g/mol. The van der Waals surface area contributed by atoms with E-state index in [1.807, 2.05) is 0 Å². The molecule has 0 bridgehead atoms. The number of hydrogen-bond donors (Lipinski definition) is 1. The maximum absolute atomic E-state index is 3.57. The van der Waals surface area contributed by atoms with Gasteiger partial charge in [-0.2, -0.15) is 0 Å². The summed E-state index contributed by atoms with van der Waals surface area (Å²) in [6, 6.07) is 0.687. The Hall–Kier alpha value is -0.0800. The van der Waals surface area contributed by atoms with Crippen molar-refractivity contribution < 1.29 is 0 Å². The van der Waals surface area contributed by atoms with Gasteiger partial charge in [0.15, 0.2) is 0 Å². The lowest BCUT2D eigenvalue weighted by atomic mass is 10.1. The van der Waals surface area contributed by atoms with Gasteiger partial charge < -0.3 is 10.2 Å². The van der Waals surface area contributed by atoms with Crippen LogP contribution in [-0.2, 0) is 0 Å². The molecule has 2 heteroatoms. The Labute approximate surface area is 90.1 Å². The van der Waals surface area contributed by atoms with Gasteiger partial charge in [-0.25, -0.2) is 0 Å². The van der Waals surface area contributed by atoms with Crippen molar-refractivity contribution in [1.29, 1.82) is 0 Å². The summed E-state index contributed by atoms with van der Waals surface area (Å²) in [4.78, 5) is 2.34. The van der Waals surface area contributed by atoms with Crippen molar-refractivity contribution >= 4 is 0 Å². The summed E-state index contributed by atoms with van der Waals surface area (Å²) in [5.41, 5.74) is 0. The third-order valence-corrected chi connectivity index (χ3v) is 2.77. The predicted molar refractivity (Wildman–Crippen MR) is 64.8 cm³/mol. The summed E-state index contributed by atoms with van der Waals surface area (Å²) < 4.78 is 0. The number of hydrogen-bond acceptors (Lipinski definition) is 2. The highest BCUT2D eigenvalue weighted by Crippen LogP contribution is 2.02. The zero-order valence-corrected chi connectivity index (χ0v) is 10.5. The van der Waals surface area contributed by atoms with Crippen LogP contribution in [-0.4, -0.2) is 37.6 Å². The van der Waals surface area contributed by atoms with E-state index in [0.29, 0.717) is 6.04 Å². The molecule has 86 valence electrons. The van der Waals surface area contributed by atoms with Crippen molar-refractivity contribution in [1.82, 2.24) is 10.2 Å². The minimum Gasteiger partial charge on any atom is -0.313 e. The van der Waals surface area contributed by atoms with Crippen molar-refractivity contribution in [3.05, 3.63) is 0 Å². The van der Waals surface area contributed by atoms with Gasteiger partial charge in [0.2, 0.25) is 0 Å². The Morgan fingerprint density at radius 3 is 2.50 bits per heavy atom. The van der Waals surface area contributed by atoms with E-state index in [-0.39, 0.29) is 0 Å². The van der Waals surface area contributed by atoms with Gasteiger partial charge in [0.25, 0.3) is 0 Å². The highest BCUT2D eigenvalue weighted by atomic mass is 15.1. The zero-order valence-electron chi connectivity index (χ0n) is 10.5. The second-order valence-corrected chi connectivity index (χ2v) is 4.25. The minimum atomic E-state index is 0.687. The molecule has 0 rings (SSSR count). The molecule has 0 saturated carbocycles. The molecule has 14 heavy (non-hydrogen) atoms. The van der Waals surface area contributed by atoms with Gasteiger partial charge in [0.1, 0.15) is 0 Å². The van der Waals surface area contributed by atoms with E-state index < -0.39 is 0 Å². The highest BCUT2D eigenvalue weighted by molar-refractivity contribution is 4.62. The molecule has 2 nitrogen and oxygen atoms in total. The number of nitrogens with one attached hydrogen (secondary N) is 1. The van der Waals surface area contributed by atoms with Crippen molar-refractivity contribution in [3.63, 3.8) is 0 Å². The van der Waals surface area contributed by atoms with E-state index in [9.17, 15) is 0 Å². The molecule has 0 aromatic rings. The lowest BCUT2D eigenvalue weighted by Crippen LogP contribution is -2.34. The van der Waals surface area contributed by atoms with Gasteiger partial charge in [-0.05, 0) is 26.9 Å². The molecule has 1 atom stereocenters. The molecule has 0 heterocycles. The first-order valence-electron chi connectivity index (χ1n) is 6.12. The fraction of sp³-hybridized carbons (Fsp3) is 1.00. The molecule has 0 radical (unpaired) electrons. The first kappa shape index (κ1) is 13.9. The van der Waals surface area contributed by atoms with E-state index in [1.165, 1.54) is 25.7 Å². The fourth-order valence-corrected chi connectivity index (χ4v) is 1.46. The van der Waals surface area contributed by atoms with Crippen LogP contribution in [0.4, 0.5) is 0 Å². The van der Waals surface area contributed by atoms with Crippen LogP contribution < -0.4 is 5.32 Å². The summed E-state index contributed by atoms with van der Waals surface area (Å²) in [6.07, 6.45) is 5.39. The Balaban J connectivity index is 3.21. The Kier molecular flexibility index (Phi) is 9.42. The highest BCUT2D eigenvalue weighted by Gasteiger charge is 2.00. The third kappa shape index (κ3) is 8.52. The van der Waals surface area contributed by atoms with Crippen molar-refractivity contribution in [3.8, 4) is 0 Å². The minimum absolute atomic E-state index is 0.687. The third-order valence-electron chi connectivity index (χ3n) is 2.77. The van der Waals surface area contributed by atoms with E-state index in [0.717, 1.165) is 19.6 Å². The Morgan fingerprint density at radius 1 is 1.21 bits per heavy atom. The maximum atomic E-state index is 3.57. The van der Waals surface area contributed by atoms with Crippen molar-refractivity contribution in [2.24, 2.45) is 0 Å². The number of nitrogens with zero attached hydrogens (tertiary/aromatic N) is 1. The van der Waals surface area contributed by atoms with Gasteiger partial charge >= 0.3 is 0 Å².